The van der Waals surface area contributed by atoms with Crippen LogP contribution in [0.4, 0.5) is 0 Å². The SMILES string of the molecule is CCCCCCCCCOC[C@H](CO)OCCCCCCCCCCCCCCC(C)C. The van der Waals surface area contributed by atoms with Gasteiger partial charge in [0, 0.05) is 13.2 Å². The minimum absolute atomic E-state index is 0.0642. The molecule has 0 radical (unpaired) electrons. The van der Waals surface area contributed by atoms with E-state index in [9.17, 15) is 5.11 Å². The zero-order valence-corrected chi connectivity index (χ0v) is 22.4. The largest absolute Gasteiger partial charge is 0.394 e. The summed E-state index contributed by atoms with van der Waals surface area (Å²) in [4.78, 5) is 0. The summed E-state index contributed by atoms with van der Waals surface area (Å²) in [7, 11) is 0. The maximum Gasteiger partial charge on any atom is 0.104 e. The monoisotopic (exact) mass is 456 g/mol. The number of rotatable bonds is 27. The molecule has 32 heavy (non-hydrogen) atoms. The highest BCUT2D eigenvalue weighted by Gasteiger charge is 2.07. The predicted octanol–water partition coefficient (Wildman–Crippen LogP) is 8.86. The average Bonchev–Trinajstić information content (AvgIpc) is 2.78. The van der Waals surface area contributed by atoms with Crippen LogP contribution in [-0.4, -0.2) is 37.6 Å². The summed E-state index contributed by atoms with van der Waals surface area (Å²) >= 11 is 0. The quantitative estimate of drug-likeness (QED) is 0.125. The fraction of sp³-hybridized carbons (Fsp3) is 1.00. The molecular weight excluding hydrogens is 396 g/mol. The van der Waals surface area contributed by atoms with Gasteiger partial charge in [-0.25, -0.2) is 0 Å². The first-order valence-electron chi connectivity index (χ1n) is 14.5. The number of hydrogen-bond donors (Lipinski definition) is 1. The Morgan fingerprint density at radius 3 is 1.47 bits per heavy atom. The maximum absolute atomic E-state index is 9.47. The molecule has 0 bridgehead atoms. The summed E-state index contributed by atoms with van der Waals surface area (Å²) in [6.45, 7) is 9.06. The molecule has 0 saturated carbocycles. The zero-order chi connectivity index (χ0) is 23.5. The van der Waals surface area contributed by atoms with Gasteiger partial charge in [-0.05, 0) is 18.8 Å². The maximum atomic E-state index is 9.47. The Bertz CT molecular complexity index is 332. The van der Waals surface area contributed by atoms with Gasteiger partial charge in [0.25, 0.3) is 0 Å². The molecule has 1 N–H and O–H groups in total. The molecule has 0 aliphatic carbocycles. The van der Waals surface area contributed by atoms with Gasteiger partial charge in [0.15, 0.2) is 0 Å². The molecule has 3 heteroatoms. The van der Waals surface area contributed by atoms with Gasteiger partial charge in [-0.1, -0.05) is 136 Å². The third kappa shape index (κ3) is 26.1. The van der Waals surface area contributed by atoms with E-state index < -0.39 is 0 Å². The standard InChI is InChI=1S/C29H60O3/c1-4-5-6-7-15-18-21-24-31-27-29(26-30)32-25-22-19-16-13-11-9-8-10-12-14-17-20-23-28(2)3/h28-30H,4-27H2,1-3H3/t29-/m0/s1. The van der Waals surface area contributed by atoms with Crippen LogP contribution in [0.15, 0.2) is 0 Å². The number of unbranched alkanes of at least 4 members (excludes halogenated alkanes) is 17. The average molecular weight is 457 g/mol. The summed E-state index contributed by atoms with van der Waals surface area (Å²) in [6.07, 6.45) is 26.8. The number of aliphatic hydroxyl groups is 1. The van der Waals surface area contributed by atoms with Crippen LogP contribution in [0.2, 0.25) is 0 Å². The third-order valence-electron chi connectivity index (χ3n) is 6.43. The lowest BCUT2D eigenvalue weighted by Gasteiger charge is -2.15. The number of ether oxygens (including phenoxy) is 2. The minimum Gasteiger partial charge on any atom is -0.394 e. The Labute approximate surface area is 202 Å². The van der Waals surface area contributed by atoms with Crippen molar-refractivity contribution in [1.29, 1.82) is 0 Å². The zero-order valence-electron chi connectivity index (χ0n) is 22.4. The summed E-state index contributed by atoms with van der Waals surface area (Å²) in [6, 6.07) is 0. The van der Waals surface area contributed by atoms with E-state index in [1.807, 2.05) is 0 Å². The second-order valence-corrected chi connectivity index (χ2v) is 10.3. The fourth-order valence-electron chi connectivity index (χ4n) is 4.20. The molecule has 0 aromatic heterocycles. The van der Waals surface area contributed by atoms with E-state index in [0.717, 1.165) is 32.0 Å². The molecule has 0 unspecified atom stereocenters. The van der Waals surface area contributed by atoms with Gasteiger partial charge in [-0.15, -0.1) is 0 Å². The normalized spacial score (nSPS) is 12.7. The summed E-state index contributed by atoms with van der Waals surface area (Å²) in [5.41, 5.74) is 0. The fourth-order valence-corrected chi connectivity index (χ4v) is 4.20. The van der Waals surface area contributed by atoms with Crippen molar-refractivity contribution in [3.63, 3.8) is 0 Å². The van der Waals surface area contributed by atoms with Crippen molar-refractivity contribution in [3.05, 3.63) is 0 Å². The van der Waals surface area contributed by atoms with Gasteiger partial charge in [-0.2, -0.15) is 0 Å². The van der Waals surface area contributed by atoms with Crippen LogP contribution in [0.1, 0.15) is 149 Å². The highest BCUT2D eigenvalue weighted by molar-refractivity contribution is 4.55. The van der Waals surface area contributed by atoms with E-state index in [0.29, 0.717) is 6.61 Å². The molecule has 0 spiro atoms. The molecule has 0 heterocycles. The molecule has 0 saturated heterocycles. The predicted molar refractivity (Wildman–Crippen MR) is 140 cm³/mol. The summed E-state index contributed by atoms with van der Waals surface area (Å²) in [5.74, 6) is 0.872. The molecule has 0 aromatic rings. The van der Waals surface area contributed by atoms with Crippen molar-refractivity contribution in [2.75, 3.05) is 26.4 Å². The van der Waals surface area contributed by atoms with E-state index in [4.69, 9.17) is 9.47 Å². The van der Waals surface area contributed by atoms with Crippen LogP contribution in [-0.2, 0) is 9.47 Å². The van der Waals surface area contributed by atoms with E-state index in [1.165, 1.54) is 116 Å². The van der Waals surface area contributed by atoms with Crippen molar-refractivity contribution in [2.45, 2.75) is 155 Å². The molecule has 0 amide bonds. The number of aliphatic hydroxyl groups excluding tert-OH is 1. The van der Waals surface area contributed by atoms with Crippen molar-refractivity contribution < 1.29 is 14.6 Å². The van der Waals surface area contributed by atoms with Crippen LogP contribution < -0.4 is 0 Å². The first-order chi connectivity index (χ1) is 15.7. The van der Waals surface area contributed by atoms with Crippen molar-refractivity contribution >= 4 is 0 Å². The van der Waals surface area contributed by atoms with E-state index in [-0.39, 0.29) is 12.7 Å². The van der Waals surface area contributed by atoms with Gasteiger partial charge < -0.3 is 14.6 Å². The van der Waals surface area contributed by atoms with Crippen LogP contribution in [0.25, 0.3) is 0 Å². The van der Waals surface area contributed by atoms with E-state index in [1.54, 1.807) is 0 Å². The van der Waals surface area contributed by atoms with Crippen LogP contribution in [0.3, 0.4) is 0 Å². The first kappa shape index (κ1) is 31.9. The topological polar surface area (TPSA) is 38.7 Å². The van der Waals surface area contributed by atoms with Crippen LogP contribution >= 0.6 is 0 Å². The van der Waals surface area contributed by atoms with Crippen molar-refractivity contribution in [2.24, 2.45) is 5.92 Å². The smallest absolute Gasteiger partial charge is 0.104 e. The van der Waals surface area contributed by atoms with Gasteiger partial charge in [0.1, 0.15) is 6.10 Å². The molecule has 0 fully saturated rings. The molecule has 0 aliphatic rings. The second kappa shape index (κ2) is 27.1. The Hall–Kier alpha value is -0.120. The number of hydrogen-bond acceptors (Lipinski definition) is 3. The first-order valence-corrected chi connectivity index (χ1v) is 14.5. The highest BCUT2D eigenvalue weighted by Crippen LogP contribution is 2.14. The molecule has 3 nitrogen and oxygen atoms in total. The lowest BCUT2D eigenvalue weighted by molar-refractivity contribution is -0.0437. The summed E-state index contributed by atoms with van der Waals surface area (Å²) in [5, 5.41) is 9.47. The van der Waals surface area contributed by atoms with E-state index in [2.05, 4.69) is 20.8 Å². The Kier molecular flexibility index (Phi) is 27.0. The molecular formula is C29H60O3. The van der Waals surface area contributed by atoms with Gasteiger partial charge in [0.2, 0.25) is 0 Å². The van der Waals surface area contributed by atoms with Crippen molar-refractivity contribution in [3.8, 4) is 0 Å². The lowest BCUT2D eigenvalue weighted by atomic mass is 10.0. The third-order valence-corrected chi connectivity index (χ3v) is 6.43. The van der Waals surface area contributed by atoms with Crippen LogP contribution in [0.5, 0.6) is 0 Å². The Morgan fingerprint density at radius 1 is 0.562 bits per heavy atom. The Balaban J connectivity index is 3.25. The highest BCUT2D eigenvalue weighted by atomic mass is 16.5. The molecule has 194 valence electrons. The van der Waals surface area contributed by atoms with Gasteiger partial charge >= 0.3 is 0 Å². The second-order valence-electron chi connectivity index (χ2n) is 10.3. The van der Waals surface area contributed by atoms with Crippen molar-refractivity contribution in [1.82, 2.24) is 0 Å². The Morgan fingerprint density at radius 2 is 1.00 bits per heavy atom. The lowest BCUT2D eigenvalue weighted by Crippen LogP contribution is -2.24. The molecule has 0 aliphatic heterocycles. The molecule has 0 rings (SSSR count). The summed E-state index contributed by atoms with van der Waals surface area (Å²) < 4.78 is 11.5. The molecule has 1 atom stereocenters. The molecule has 0 aromatic carbocycles. The van der Waals surface area contributed by atoms with Crippen LogP contribution in [0, 0.1) is 5.92 Å². The van der Waals surface area contributed by atoms with E-state index >= 15 is 0 Å². The minimum atomic E-state index is -0.148. The van der Waals surface area contributed by atoms with Gasteiger partial charge in [0.05, 0.1) is 13.2 Å². The van der Waals surface area contributed by atoms with Gasteiger partial charge in [-0.3, -0.25) is 0 Å².